The molecule has 0 saturated carbocycles. The van der Waals surface area contributed by atoms with Crippen molar-refractivity contribution >= 4 is 63.4 Å². The smallest absolute Gasteiger partial charge is 0.212 e. The van der Waals surface area contributed by atoms with E-state index in [1.165, 1.54) is 29.8 Å². The molecule has 1 N–H and O–H groups in total. The lowest BCUT2D eigenvalue weighted by atomic mass is 9.81. The minimum absolute atomic E-state index is 0.0449. The Morgan fingerprint density at radius 1 is 1.03 bits per heavy atom. The van der Waals surface area contributed by atoms with Gasteiger partial charge in [0.15, 0.2) is 0 Å². The molecular formula is C28H41Cl3N4OS2. The van der Waals surface area contributed by atoms with Gasteiger partial charge >= 0.3 is 0 Å². The highest BCUT2D eigenvalue weighted by Crippen LogP contribution is 2.37. The number of rotatable bonds is 7. The molecule has 0 aliphatic carbocycles. The van der Waals surface area contributed by atoms with E-state index in [0.717, 1.165) is 41.6 Å². The number of hydrogen-bond donors (Lipinski definition) is 1. The fourth-order valence-corrected chi connectivity index (χ4v) is 5.87. The minimum Gasteiger partial charge on any atom is -0.488 e. The second-order valence-corrected chi connectivity index (χ2v) is 11.4. The maximum absolute atomic E-state index is 6.54. The highest BCUT2D eigenvalue weighted by molar-refractivity contribution is 8.00. The van der Waals surface area contributed by atoms with Crippen LogP contribution in [-0.4, -0.2) is 33.5 Å². The van der Waals surface area contributed by atoms with E-state index in [4.69, 9.17) is 39.5 Å². The van der Waals surface area contributed by atoms with Gasteiger partial charge in [0, 0.05) is 51.5 Å². The topological polar surface area (TPSA) is 50.3 Å². The number of aromatic nitrogens is 2. The molecule has 1 aromatic heterocycles. The number of benzene rings is 2. The van der Waals surface area contributed by atoms with Crippen LogP contribution in [0, 0.1) is 5.41 Å². The second kappa shape index (κ2) is 18.2. The number of hydrogen-bond acceptors (Lipinski definition) is 7. The highest BCUT2D eigenvalue weighted by Gasteiger charge is 2.37. The average Bonchev–Trinajstić information content (AvgIpc) is 3.42. The molecule has 0 amide bonds. The zero-order chi connectivity index (χ0) is 28.7. The first kappa shape index (κ1) is 34.8. The quantitative estimate of drug-likeness (QED) is 0.266. The number of nitrogens with one attached hydrogen (secondary N) is 1. The van der Waals surface area contributed by atoms with Gasteiger partial charge in [-0.2, -0.15) is 4.37 Å². The predicted octanol–water partition coefficient (Wildman–Crippen LogP) is 10.4. The molecular weight excluding hydrogens is 579 g/mol. The van der Waals surface area contributed by atoms with Crippen LogP contribution in [0.3, 0.4) is 0 Å². The van der Waals surface area contributed by atoms with E-state index in [-0.39, 0.29) is 11.5 Å². The fourth-order valence-electron chi connectivity index (χ4n) is 3.88. The molecule has 1 saturated heterocycles. The Bertz CT molecular complexity index is 1050. The first-order chi connectivity index (χ1) is 18.3. The molecule has 4 rings (SSSR count). The molecule has 3 aromatic rings. The maximum atomic E-state index is 6.54. The number of halogens is 3. The summed E-state index contributed by atoms with van der Waals surface area (Å²) in [5.74, 6) is 0.708. The summed E-state index contributed by atoms with van der Waals surface area (Å²) in [7, 11) is 0. The molecule has 0 spiro atoms. The number of likely N-dealkylation sites (tertiary alicyclic amines) is 1. The zero-order valence-corrected chi connectivity index (χ0v) is 27.5. The van der Waals surface area contributed by atoms with Crippen molar-refractivity contribution < 1.29 is 4.74 Å². The molecule has 38 heavy (non-hydrogen) atoms. The molecule has 2 heterocycles. The molecule has 1 aliphatic rings. The van der Waals surface area contributed by atoms with Gasteiger partial charge in [0.2, 0.25) is 5.13 Å². The van der Waals surface area contributed by atoms with Gasteiger partial charge in [0.05, 0.1) is 5.02 Å². The van der Waals surface area contributed by atoms with Gasteiger partial charge in [0.1, 0.15) is 18.2 Å². The molecule has 10 heteroatoms. The SMILES string of the molecule is CC.CC.CC.CC1(C)CN(Cc2cc(Cl)cc(Cl)c2)CCC1Oc1ccc(SNc2ncns2)cc1Cl. The van der Waals surface area contributed by atoms with E-state index in [2.05, 4.69) is 32.8 Å². The minimum atomic E-state index is -0.0449. The van der Waals surface area contributed by atoms with Crippen LogP contribution in [0.4, 0.5) is 5.13 Å². The summed E-state index contributed by atoms with van der Waals surface area (Å²) in [6.45, 7) is 19.1. The lowest BCUT2D eigenvalue weighted by molar-refractivity contribution is -0.0112. The molecule has 1 fully saturated rings. The van der Waals surface area contributed by atoms with Crippen molar-refractivity contribution in [1.82, 2.24) is 14.3 Å². The van der Waals surface area contributed by atoms with Crippen LogP contribution in [0.15, 0.2) is 47.6 Å². The summed E-state index contributed by atoms with van der Waals surface area (Å²) in [6, 6.07) is 11.5. The first-order valence-corrected chi connectivity index (χ1v) is 15.8. The van der Waals surface area contributed by atoms with Crippen molar-refractivity contribution in [3.8, 4) is 5.75 Å². The molecule has 5 nitrogen and oxygen atoms in total. The molecule has 0 bridgehead atoms. The second-order valence-electron chi connectivity index (χ2n) is 8.41. The van der Waals surface area contributed by atoms with Gasteiger partial charge in [-0.15, -0.1) is 0 Å². The van der Waals surface area contributed by atoms with Crippen LogP contribution in [0.1, 0.15) is 67.4 Å². The fraction of sp³-hybridized carbons (Fsp3) is 0.500. The normalized spacial score (nSPS) is 16.0. The van der Waals surface area contributed by atoms with Crippen LogP contribution < -0.4 is 9.46 Å². The maximum Gasteiger partial charge on any atom is 0.212 e. The number of anilines is 1. The Morgan fingerprint density at radius 3 is 2.24 bits per heavy atom. The van der Waals surface area contributed by atoms with Gasteiger partial charge in [-0.25, -0.2) is 4.98 Å². The Balaban J connectivity index is 0.00000112. The van der Waals surface area contributed by atoms with E-state index in [0.29, 0.717) is 20.8 Å². The van der Waals surface area contributed by atoms with E-state index < -0.39 is 0 Å². The monoisotopic (exact) mass is 618 g/mol. The van der Waals surface area contributed by atoms with Gasteiger partial charge in [-0.05, 0) is 60.3 Å². The van der Waals surface area contributed by atoms with Gasteiger partial charge < -0.3 is 9.46 Å². The highest BCUT2D eigenvalue weighted by atomic mass is 35.5. The van der Waals surface area contributed by atoms with E-state index in [1.54, 1.807) is 6.07 Å². The van der Waals surface area contributed by atoms with Crippen LogP contribution in [0.2, 0.25) is 15.1 Å². The average molecular weight is 620 g/mol. The lowest BCUT2D eigenvalue weighted by Gasteiger charge is -2.44. The van der Waals surface area contributed by atoms with Crippen LogP contribution in [-0.2, 0) is 6.54 Å². The van der Waals surface area contributed by atoms with E-state index in [1.807, 2.05) is 71.9 Å². The number of ether oxygens (including phenoxy) is 1. The van der Waals surface area contributed by atoms with Gasteiger partial charge in [-0.1, -0.05) is 90.2 Å². The summed E-state index contributed by atoms with van der Waals surface area (Å²) in [4.78, 5) is 7.50. The number of piperidine rings is 1. The number of nitrogens with zero attached hydrogens (tertiary/aromatic N) is 3. The third-order valence-electron chi connectivity index (χ3n) is 5.33. The van der Waals surface area contributed by atoms with Gasteiger partial charge in [0.25, 0.3) is 0 Å². The van der Waals surface area contributed by atoms with Gasteiger partial charge in [-0.3, -0.25) is 4.90 Å². The molecule has 0 radical (unpaired) electrons. The molecule has 212 valence electrons. The van der Waals surface area contributed by atoms with Crippen molar-refractivity contribution in [2.75, 3.05) is 17.8 Å². The molecule has 1 atom stereocenters. The summed E-state index contributed by atoms with van der Waals surface area (Å²) >= 11 is 21.6. The summed E-state index contributed by atoms with van der Waals surface area (Å²) < 4.78 is 13.5. The summed E-state index contributed by atoms with van der Waals surface area (Å²) in [5, 5.41) is 2.68. The Kier molecular flexibility index (Phi) is 16.7. The Labute approximate surface area is 252 Å². The molecule has 1 aliphatic heterocycles. The predicted molar refractivity (Wildman–Crippen MR) is 169 cm³/mol. The van der Waals surface area contributed by atoms with Crippen molar-refractivity contribution in [1.29, 1.82) is 0 Å². The van der Waals surface area contributed by atoms with Crippen molar-refractivity contribution in [3.63, 3.8) is 0 Å². The Morgan fingerprint density at radius 2 is 1.68 bits per heavy atom. The zero-order valence-electron chi connectivity index (χ0n) is 23.6. The summed E-state index contributed by atoms with van der Waals surface area (Å²) in [6.07, 6.45) is 2.50. The van der Waals surface area contributed by atoms with Crippen molar-refractivity contribution in [3.05, 3.63) is 63.4 Å². The van der Waals surface area contributed by atoms with E-state index >= 15 is 0 Å². The lowest BCUT2D eigenvalue weighted by Crippen LogP contribution is -2.50. The third-order valence-corrected chi connectivity index (χ3v) is 7.56. The summed E-state index contributed by atoms with van der Waals surface area (Å²) in [5.41, 5.74) is 1.08. The Hall–Kier alpha value is -1.22. The standard InChI is InChI=1S/C22H23Cl3N4OS2.3C2H6/c1-22(2)12-29(11-14-7-15(23)9-16(24)8-14)6-5-20(22)30-19-4-3-17(10-18(19)25)31-28-21-26-13-27-32-21;3*1-2/h3-4,7-10,13,20H,5-6,11-12H2,1-2H3,(H,26,27,28);3*1-2H3. The van der Waals surface area contributed by atoms with Crippen LogP contribution in [0.5, 0.6) is 5.75 Å². The van der Waals surface area contributed by atoms with Crippen molar-refractivity contribution in [2.45, 2.75) is 79.4 Å². The molecule has 1 unspecified atom stereocenters. The van der Waals surface area contributed by atoms with E-state index in [9.17, 15) is 0 Å². The third kappa shape index (κ3) is 11.1. The van der Waals surface area contributed by atoms with Crippen LogP contribution >= 0.6 is 58.3 Å². The largest absolute Gasteiger partial charge is 0.488 e. The molecule has 2 aromatic carbocycles. The van der Waals surface area contributed by atoms with Crippen LogP contribution in [0.25, 0.3) is 0 Å². The first-order valence-electron chi connectivity index (χ1n) is 13.1. The van der Waals surface area contributed by atoms with Crippen molar-refractivity contribution in [2.24, 2.45) is 5.41 Å².